The van der Waals surface area contributed by atoms with E-state index in [0.717, 1.165) is 18.9 Å². The molecule has 2 fully saturated rings. The van der Waals surface area contributed by atoms with Gasteiger partial charge in [-0.1, -0.05) is 6.07 Å². The summed E-state index contributed by atoms with van der Waals surface area (Å²) < 4.78 is 33.5. The number of nitrogens with zero attached hydrogens (tertiary/aromatic N) is 4. The number of ether oxygens (including phenoxy) is 1. The summed E-state index contributed by atoms with van der Waals surface area (Å²) in [6.45, 7) is 2.03. The Labute approximate surface area is 168 Å². The van der Waals surface area contributed by atoms with Crippen molar-refractivity contribution in [1.29, 1.82) is 0 Å². The van der Waals surface area contributed by atoms with Gasteiger partial charge < -0.3 is 14.5 Å². The number of halogens is 2. The lowest BCUT2D eigenvalue weighted by Crippen LogP contribution is -2.46. The van der Waals surface area contributed by atoms with E-state index in [9.17, 15) is 13.6 Å². The standard InChI is InChI=1S/C21H24F2N4O2/c1-29-15-4-3-9-26(11-15)21(28)18-13-27(20-5-2-8-24-25-20)12-17(18)16-7-6-14(22)10-19(16)23/h2,5-8,10,15,17-18H,3-4,9,11-13H2,1H3/t15?,17-,18?/m0/s1. The molecule has 2 aliphatic rings. The number of carbonyl (C=O) groups is 1. The van der Waals surface area contributed by atoms with E-state index in [2.05, 4.69) is 10.2 Å². The quantitative estimate of drug-likeness (QED) is 0.787. The second-order valence-electron chi connectivity index (χ2n) is 7.65. The number of piperidine rings is 1. The minimum absolute atomic E-state index is 0.0196. The zero-order valence-electron chi connectivity index (χ0n) is 16.3. The lowest BCUT2D eigenvalue weighted by Gasteiger charge is -2.34. The Bertz CT molecular complexity index is 867. The van der Waals surface area contributed by atoms with Crippen LogP contribution in [-0.2, 0) is 9.53 Å². The summed E-state index contributed by atoms with van der Waals surface area (Å²) in [7, 11) is 1.65. The van der Waals surface area contributed by atoms with Crippen molar-refractivity contribution in [3.63, 3.8) is 0 Å². The van der Waals surface area contributed by atoms with Crippen LogP contribution in [0.1, 0.15) is 24.3 Å². The fourth-order valence-corrected chi connectivity index (χ4v) is 4.39. The van der Waals surface area contributed by atoms with Gasteiger partial charge in [-0.3, -0.25) is 4.79 Å². The highest BCUT2D eigenvalue weighted by Crippen LogP contribution is 2.37. The van der Waals surface area contributed by atoms with E-state index in [4.69, 9.17) is 4.74 Å². The lowest BCUT2D eigenvalue weighted by atomic mass is 9.87. The Morgan fingerprint density at radius 3 is 2.79 bits per heavy atom. The Balaban J connectivity index is 1.63. The van der Waals surface area contributed by atoms with E-state index in [1.165, 1.54) is 12.1 Å². The minimum Gasteiger partial charge on any atom is -0.380 e. The van der Waals surface area contributed by atoms with Crippen LogP contribution in [-0.4, -0.2) is 60.4 Å². The third-order valence-corrected chi connectivity index (χ3v) is 5.90. The number of hydrogen-bond acceptors (Lipinski definition) is 5. The van der Waals surface area contributed by atoms with Crippen molar-refractivity contribution < 1.29 is 18.3 Å². The Morgan fingerprint density at radius 2 is 2.07 bits per heavy atom. The zero-order chi connectivity index (χ0) is 20.4. The molecule has 0 bridgehead atoms. The average Bonchev–Trinajstić information content (AvgIpc) is 3.19. The van der Waals surface area contributed by atoms with Crippen LogP contribution < -0.4 is 4.90 Å². The van der Waals surface area contributed by atoms with Crippen LogP contribution >= 0.6 is 0 Å². The zero-order valence-corrected chi connectivity index (χ0v) is 16.3. The number of hydrogen-bond donors (Lipinski definition) is 0. The highest BCUT2D eigenvalue weighted by molar-refractivity contribution is 5.81. The van der Waals surface area contributed by atoms with Crippen LogP contribution in [0, 0.1) is 17.6 Å². The molecule has 4 rings (SSSR count). The van der Waals surface area contributed by atoms with Crippen molar-refractivity contribution in [2.75, 3.05) is 38.2 Å². The van der Waals surface area contributed by atoms with Crippen molar-refractivity contribution in [1.82, 2.24) is 15.1 Å². The second kappa shape index (κ2) is 8.41. The van der Waals surface area contributed by atoms with Crippen molar-refractivity contribution in [3.05, 3.63) is 53.7 Å². The summed E-state index contributed by atoms with van der Waals surface area (Å²) in [5, 5.41) is 8.04. The number of carbonyl (C=O) groups excluding carboxylic acids is 1. The molecular weight excluding hydrogens is 378 g/mol. The monoisotopic (exact) mass is 402 g/mol. The minimum atomic E-state index is -0.628. The molecule has 6 nitrogen and oxygen atoms in total. The van der Waals surface area contributed by atoms with Crippen LogP contribution in [0.5, 0.6) is 0 Å². The summed E-state index contributed by atoms with van der Waals surface area (Å²) in [6.07, 6.45) is 3.40. The maximum atomic E-state index is 14.6. The van der Waals surface area contributed by atoms with E-state index >= 15 is 0 Å². The predicted octanol–water partition coefficient (Wildman–Crippen LogP) is 2.61. The van der Waals surface area contributed by atoms with Gasteiger partial charge in [-0.25, -0.2) is 8.78 Å². The van der Waals surface area contributed by atoms with Gasteiger partial charge in [0, 0.05) is 51.5 Å². The van der Waals surface area contributed by atoms with E-state index < -0.39 is 23.5 Å². The van der Waals surface area contributed by atoms with Gasteiger partial charge >= 0.3 is 0 Å². The van der Waals surface area contributed by atoms with Crippen LogP contribution in [0.4, 0.5) is 14.6 Å². The molecule has 0 radical (unpaired) electrons. The van der Waals surface area contributed by atoms with Crippen LogP contribution in [0.2, 0.25) is 0 Å². The van der Waals surface area contributed by atoms with Gasteiger partial charge in [0.1, 0.15) is 11.6 Å². The molecular formula is C21H24F2N4O2. The summed E-state index contributed by atoms with van der Waals surface area (Å²) in [5.74, 6) is -1.48. The number of benzene rings is 1. The van der Waals surface area contributed by atoms with Gasteiger partial charge in [0.2, 0.25) is 5.91 Å². The first kappa shape index (κ1) is 19.7. The van der Waals surface area contributed by atoms with Gasteiger partial charge in [0.25, 0.3) is 0 Å². The first-order valence-electron chi connectivity index (χ1n) is 9.86. The van der Waals surface area contributed by atoms with E-state index in [1.54, 1.807) is 19.4 Å². The number of anilines is 1. The molecule has 0 N–H and O–H groups in total. The van der Waals surface area contributed by atoms with Crippen molar-refractivity contribution in [3.8, 4) is 0 Å². The molecule has 2 unspecified atom stereocenters. The number of methoxy groups -OCH3 is 1. The molecule has 2 aromatic rings. The third kappa shape index (κ3) is 4.07. The molecule has 1 aromatic carbocycles. The SMILES string of the molecule is COC1CCCN(C(=O)C2CN(c3cccnn3)C[C@H]2c2ccc(F)cc2F)C1. The van der Waals surface area contributed by atoms with Crippen molar-refractivity contribution in [2.24, 2.45) is 5.92 Å². The molecule has 1 amide bonds. The summed E-state index contributed by atoms with van der Waals surface area (Å²) in [5.41, 5.74) is 0.358. The van der Waals surface area contributed by atoms with Gasteiger partial charge in [-0.2, -0.15) is 5.10 Å². The highest BCUT2D eigenvalue weighted by Gasteiger charge is 2.42. The number of aromatic nitrogens is 2. The molecule has 2 saturated heterocycles. The fourth-order valence-electron chi connectivity index (χ4n) is 4.39. The normalized spacial score (nSPS) is 24.7. The first-order chi connectivity index (χ1) is 14.1. The molecule has 8 heteroatoms. The maximum absolute atomic E-state index is 14.6. The lowest BCUT2D eigenvalue weighted by molar-refractivity contribution is -0.138. The van der Waals surface area contributed by atoms with Crippen LogP contribution in [0.3, 0.4) is 0 Å². The maximum Gasteiger partial charge on any atom is 0.228 e. The van der Waals surface area contributed by atoms with E-state index in [0.29, 0.717) is 37.6 Å². The Hall–Kier alpha value is -2.61. The number of likely N-dealkylation sites (tertiary alicyclic amines) is 1. The highest BCUT2D eigenvalue weighted by atomic mass is 19.1. The van der Waals surface area contributed by atoms with Gasteiger partial charge in [0.15, 0.2) is 5.82 Å². The molecule has 2 aliphatic heterocycles. The Kier molecular flexibility index (Phi) is 5.71. The largest absolute Gasteiger partial charge is 0.380 e. The summed E-state index contributed by atoms with van der Waals surface area (Å²) in [4.78, 5) is 17.2. The third-order valence-electron chi connectivity index (χ3n) is 5.90. The second-order valence-corrected chi connectivity index (χ2v) is 7.65. The Morgan fingerprint density at radius 1 is 1.21 bits per heavy atom. The topological polar surface area (TPSA) is 58.6 Å². The summed E-state index contributed by atoms with van der Waals surface area (Å²) in [6, 6.07) is 7.17. The smallest absolute Gasteiger partial charge is 0.228 e. The molecule has 3 atom stereocenters. The van der Waals surface area contributed by atoms with Gasteiger partial charge in [0.05, 0.1) is 12.0 Å². The average molecular weight is 402 g/mol. The molecule has 0 aliphatic carbocycles. The summed E-state index contributed by atoms with van der Waals surface area (Å²) >= 11 is 0. The molecule has 154 valence electrons. The van der Waals surface area contributed by atoms with Crippen molar-refractivity contribution >= 4 is 11.7 Å². The molecule has 1 aromatic heterocycles. The first-order valence-corrected chi connectivity index (χ1v) is 9.86. The van der Waals surface area contributed by atoms with Gasteiger partial charge in [-0.15, -0.1) is 5.10 Å². The van der Waals surface area contributed by atoms with E-state index in [1.807, 2.05) is 15.9 Å². The van der Waals surface area contributed by atoms with E-state index in [-0.39, 0.29) is 12.0 Å². The van der Waals surface area contributed by atoms with Gasteiger partial charge in [-0.05, 0) is 36.6 Å². The number of amides is 1. The van der Waals surface area contributed by atoms with Crippen LogP contribution in [0.25, 0.3) is 0 Å². The molecule has 0 saturated carbocycles. The fraction of sp³-hybridized carbons (Fsp3) is 0.476. The molecule has 29 heavy (non-hydrogen) atoms. The van der Waals surface area contributed by atoms with Crippen molar-refractivity contribution in [2.45, 2.75) is 24.9 Å². The molecule has 0 spiro atoms. The molecule has 3 heterocycles. The number of rotatable bonds is 4. The van der Waals surface area contributed by atoms with Crippen LogP contribution in [0.15, 0.2) is 36.5 Å². The predicted molar refractivity (Wildman–Crippen MR) is 103 cm³/mol.